The highest BCUT2D eigenvalue weighted by molar-refractivity contribution is 6.33. The summed E-state index contributed by atoms with van der Waals surface area (Å²) < 4.78 is 18.1. The third-order valence-electron chi connectivity index (χ3n) is 3.22. The summed E-state index contributed by atoms with van der Waals surface area (Å²) in [5, 5.41) is 2.59. The summed E-state index contributed by atoms with van der Waals surface area (Å²) in [5.41, 5.74) is 0.139. The van der Waals surface area contributed by atoms with Crippen molar-refractivity contribution in [1.29, 1.82) is 0 Å². The molecule has 5 nitrogen and oxygen atoms in total. The second kappa shape index (κ2) is 6.87. The molecule has 0 unspecified atom stereocenters. The highest BCUT2D eigenvalue weighted by Crippen LogP contribution is 2.17. The molecule has 0 bridgehead atoms. The molecule has 0 aromatic heterocycles. The van der Waals surface area contributed by atoms with E-state index in [4.69, 9.17) is 16.3 Å². The number of hydrogen-bond donors (Lipinski definition) is 1. The highest BCUT2D eigenvalue weighted by atomic mass is 35.5. The van der Waals surface area contributed by atoms with Gasteiger partial charge in [-0.2, -0.15) is 0 Å². The minimum atomic E-state index is -0.684. The molecule has 1 aromatic rings. The number of morpholine rings is 1. The summed E-state index contributed by atoms with van der Waals surface area (Å²) >= 11 is 5.82. The van der Waals surface area contributed by atoms with Gasteiger partial charge in [-0.3, -0.25) is 9.59 Å². The molecule has 1 heterocycles. The lowest BCUT2D eigenvalue weighted by Gasteiger charge is -2.29. The van der Waals surface area contributed by atoms with Crippen molar-refractivity contribution >= 4 is 23.4 Å². The number of ether oxygens (including phenoxy) is 1. The van der Waals surface area contributed by atoms with Crippen LogP contribution in [-0.2, 0) is 9.53 Å². The van der Waals surface area contributed by atoms with E-state index in [1.165, 1.54) is 6.07 Å². The standard InChI is InChI=1S/C14H16ClFN2O3/c1-9(14(20)18-4-6-21-7-5-18)17-13(19)11-3-2-10(16)8-12(11)15/h2-3,8-9H,4-7H2,1H3,(H,17,19)/t9-/m0/s1. The number of benzene rings is 1. The number of hydrogen-bond acceptors (Lipinski definition) is 3. The average molecular weight is 315 g/mol. The first-order chi connectivity index (χ1) is 9.99. The normalized spacial score (nSPS) is 16.4. The molecule has 7 heteroatoms. The predicted molar refractivity (Wildman–Crippen MR) is 75.7 cm³/mol. The van der Waals surface area contributed by atoms with E-state index in [0.717, 1.165) is 12.1 Å². The molecule has 2 amide bonds. The van der Waals surface area contributed by atoms with Crippen molar-refractivity contribution < 1.29 is 18.7 Å². The van der Waals surface area contributed by atoms with E-state index in [1.807, 2.05) is 0 Å². The summed E-state index contributed by atoms with van der Waals surface area (Å²) in [7, 11) is 0. The zero-order valence-corrected chi connectivity index (χ0v) is 12.3. The molecule has 1 atom stereocenters. The van der Waals surface area contributed by atoms with E-state index < -0.39 is 17.8 Å². The molecule has 1 aliphatic heterocycles. The Balaban J connectivity index is 1.99. The van der Waals surface area contributed by atoms with Crippen LogP contribution < -0.4 is 5.32 Å². The molecule has 21 heavy (non-hydrogen) atoms. The third kappa shape index (κ3) is 3.92. The van der Waals surface area contributed by atoms with Crippen LogP contribution in [0.5, 0.6) is 0 Å². The molecule has 1 fully saturated rings. The van der Waals surface area contributed by atoms with E-state index >= 15 is 0 Å². The first-order valence-corrected chi connectivity index (χ1v) is 6.99. The molecule has 0 saturated carbocycles. The van der Waals surface area contributed by atoms with Crippen molar-refractivity contribution in [3.63, 3.8) is 0 Å². The van der Waals surface area contributed by atoms with Gasteiger partial charge in [0.2, 0.25) is 5.91 Å². The Bertz CT molecular complexity index is 547. The second-order valence-electron chi connectivity index (χ2n) is 4.76. The van der Waals surface area contributed by atoms with Crippen LogP contribution in [0.2, 0.25) is 5.02 Å². The smallest absolute Gasteiger partial charge is 0.253 e. The van der Waals surface area contributed by atoms with Gasteiger partial charge in [0, 0.05) is 13.1 Å². The van der Waals surface area contributed by atoms with Gasteiger partial charge in [-0.15, -0.1) is 0 Å². The van der Waals surface area contributed by atoms with Gasteiger partial charge in [0.25, 0.3) is 5.91 Å². The van der Waals surface area contributed by atoms with Crippen LogP contribution in [0.3, 0.4) is 0 Å². The lowest BCUT2D eigenvalue weighted by molar-refractivity contribution is -0.136. The largest absolute Gasteiger partial charge is 0.378 e. The van der Waals surface area contributed by atoms with Crippen LogP contribution in [0.1, 0.15) is 17.3 Å². The molecular formula is C14H16ClFN2O3. The maximum absolute atomic E-state index is 13.0. The maximum atomic E-state index is 13.0. The third-order valence-corrected chi connectivity index (χ3v) is 3.53. The highest BCUT2D eigenvalue weighted by Gasteiger charge is 2.24. The van der Waals surface area contributed by atoms with Crippen LogP contribution in [0.15, 0.2) is 18.2 Å². The molecular weight excluding hydrogens is 299 g/mol. The van der Waals surface area contributed by atoms with E-state index in [2.05, 4.69) is 5.32 Å². The Kier molecular flexibility index (Phi) is 5.14. The van der Waals surface area contributed by atoms with Crippen LogP contribution in [0.4, 0.5) is 4.39 Å². The zero-order chi connectivity index (χ0) is 15.4. The van der Waals surface area contributed by atoms with Crippen molar-refractivity contribution in [3.05, 3.63) is 34.6 Å². The van der Waals surface area contributed by atoms with Gasteiger partial charge in [-0.05, 0) is 25.1 Å². The van der Waals surface area contributed by atoms with Crippen molar-refractivity contribution in [2.45, 2.75) is 13.0 Å². The summed E-state index contributed by atoms with van der Waals surface area (Å²) in [5.74, 6) is -1.20. The molecule has 1 N–H and O–H groups in total. The molecule has 0 aliphatic carbocycles. The fraction of sp³-hybridized carbons (Fsp3) is 0.429. The van der Waals surface area contributed by atoms with Gasteiger partial charge < -0.3 is 15.0 Å². The Labute approximate surface area is 127 Å². The second-order valence-corrected chi connectivity index (χ2v) is 5.16. The Morgan fingerprint density at radius 1 is 1.38 bits per heavy atom. The minimum absolute atomic E-state index is 0.0125. The van der Waals surface area contributed by atoms with E-state index in [0.29, 0.717) is 26.3 Å². The van der Waals surface area contributed by atoms with Crippen LogP contribution >= 0.6 is 11.6 Å². The number of nitrogens with one attached hydrogen (secondary N) is 1. The number of halogens is 2. The average Bonchev–Trinajstić information content (AvgIpc) is 2.47. The number of carbonyl (C=O) groups excluding carboxylic acids is 2. The molecule has 1 saturated heterocycles. The number of carbonyl (C=O) groups is 2. The molecule has 0 radical (unpaired) electrons. The molecule has 0 spiro atoms. The lowest BCUT2D eigenvalue weighted by Crippen LogP contribution is -2.50. The molecule has 2 rings (SSSR count). The molecule has 1 aliphatic rings. The molecule has 1 aromatic carbocycles. The SMILES string of the molecule is C[C@H](NC(=O)c1ccc(F)cc1Cl)C(=O)N1CCOCC1. The monoisotopic (exact) mass is 314 g/mol. The van der Waals surface area contributed by atoms with Crippen LogP contribution in [0.25, 0.3) is 0 Å². The van der Waals surface area contributed by atoms with E-state index in [9.17, 15) is 14.0 Å². The number of amides is 2. The predicted octanol–water partition coefficient (Wildman–Crippen LogP) is 1.46. The molecule has 114 valence electrons. The van der Waals surface area contributed by atoms with Gasteiger partial charge in [0.05, 0.1) is 23.8 Å². The van der Waals surface area contributed by atoms with Gasteiger partial charge in [-0.25, -0.2) is 4.39 Å². The topological polar surface area (TPSA) is 58.6 Å². The van der Waals surface area contributed by atoms with Crippen molar-refractivity contribution in [1.82, 2.24) is 10.2 Å². The lowest BCUT2D eigenvalue weighted by atomic mass is 10.2. The zero-order valence-electron chi connectivity index (χ0n) is 11.6. The van der Waals surface area contributed by atoms with Gasteiger partial charge in [-0.1, -0.05) is 11.6 Å². The van der Waals surface area contributed by atoms with E-state index in [-0.39, 0.29) is 16.5 Å². The minimum Gasteiger partial charge on any atom is -0.378 e. The Hall–Kier alpha value is -1.66. The fourth-order valence-corrected chi connectivity index (χ4v) is 2.32. The van der Waals surface area contributed by atoms with Crippen LogP contribution in [-0.4, -0.2) is 49.1 Å². The first kappa shape index (κ1) is 15.7. The Morgan fingerprint density at radius 2 is 2.05 bits per heavy atom. The van der Waals surface area contributed by atoms with Gasteiger partial charge >= 0.3 is 0 Å². The van der Waals surface area contributed by atoms with Crippen molar-refractivity contribution in [3.8, 4) is 0 Å². The number of rotatable bonds is 3. The summed E-state index contributed by atoms with van der Waals surface area (Å²) in [6, 6.07) is 2.82. The summed E-state index contributed by atoms with van der Waals surface area (Å²) in [6.07, 6.45) is 0. The van der Waals surface area contributed by atoms with Gasteiger partial charge in [0.1, 0.15) is 11.9 Å². The maximum Gasteiger partial charge on any atom is 0.253 e. The summed E-state index contributed by atoms with van der Waals surface area (Å²) in [4.78, 5) is 25.9. The quantitative estimate of drug-likeness (QED) is 0.919. The first-order valence-electron chi connectivity index (χ1n) is 6.61. The van der Waals surface area contributed by atoms with Crippen molar-refractivity contribution in [2.24, 2.45) is 0 Å². The van der Waals surface area contributed by atoms with Crippen LogP contribution in [0, 0.1) is 5.82 Å². The summed E-state index contributed by atoms with van der Waals surface area (Å²) in [6.45, 7) is 3.62. The van der Waals surface area contributed by atoms with Crippen molar-refractivity contribution in [2.75, 3.05) is 26.3 Å². The fourth-order valence-electron chi connectivity index (χ4n) is 2.07. The Morgan fingerprint density at radius 3 is 2.67 bits per heavy atom. The van der Waals surface area contributed by atoms with Gasteiger partial charge in [0.15, 0.2) is 0 Å². The number of nitrogens with zero attached hydrogens (tertiary/aromatic N) is 1. The van der Waals surface area contributed by atoms with E-state index in [1.54, 1.807) is 11.8 Å².